The third-order valence-corrected chi connectivity index (χ3v) is 21.7. The van der Waals surface area contributed by atoms with Crippen LogP contribution in [0.5, 0.6) is 0 Å². The van der Waals surface area contributed by atoms with Crippen LogP contribution in [-0.2, 0) is 0 Å². The first kappa shape index (κ1) is 24.6. The van der Waals surface area contributed by atoms with Crippen molar-refractivity contribution in [3.63, 3.8) is 0 Å². The molecule has 0 saturated heterocycles. The molecule has 8 rings (SSSR count). The van der Waals surface area contributed by atoms with Crippen molar-refractivity contribution < 1.29 is 0 Å². The molecule has 12 heteroatoms. The summed E-state index contributed by atoms with van der Waals surface area (Å²) in [5.74, 6) is 0. The second-order valence-electron chi connectivity index (χ2n) is 8.26. The third-order valence-electron chi connectivity index (χ3n) is 5.92. The van der Waals surface area contributed by atoms with Crippen LogP contribution in [0.15, 0.2) is 30.0 Å². The Hall–Kier alpha value is 0.820. The molecule has 0 fully saturated rings. The van der Waals surface area contributed by atoms with Gasteiger partial charge < -0.3 is 0 Å². The summed E-state index contributed by atoms with van der Waals surface area (Å²) in [6.07, 6.45) is 0. The number of hydrogen-bond donors (Lipinski definition) is 0. The summed E-state index contributed by atoms with van der Waals surface area (Å²) in [5, 5.41) is 0. The second kappa shape index (κ2) is 8.66. The molecule has 0 spiro atoms. The highest BCUT2D eigenvalue weighted by Crippen LogP contribution is 2.60. The Labute approximate surface area is 270 Å². The molecule has 8 heterocycles. The van der Waals surface area contributed by atoms with Crippen molar-refractivity contribution in [3.8, 4) is 19.5 Å². The first-order valence-corrected chi connectivity index (χ1v) is 20.1. The molecule has 0 saturated carbocycles. The van der Waals surface area contributed by atoms with Crippen molar-refractivity contribution in [3.05, 3.63) is 39.8 Å². The van der Waals surface area contributed by atoms with Crippen LogP contribution in [-0.4, -0.2) is 0 Å². The number of fused-ring (bicyclic) bond motifs is 7. The van der Waals surface area contributed by atoms with E-state index in [1.54, 1.807) is 0 Å². The Morgan fingerprint density at radius 1 is 0.389 bits per heavy atom. The van der Waals surface area contributed by atoms with Crippen LogP contribution >= 0.6 is 154 Å². The summed E-state index contributed by atoms with van der Waals surface area (Å²) in [6, 6.07) is 4.61. The number of thiophene rings is 8. The highest BCUT2D eigenvalue weighted by atomic mass is 79.9. The van der Waals surface area contributed by atoms with Crippen molar-refractivity contribution in [2.24, 2.45) is 0 Å². The van der Waals surface area contributed by atoms with Gasteiger partial charge >= 0.3 is 0 Å². The molecule has 0 radical (unpaired) electrons. The van der Waals surface area contributed by atoms with E-state index in [-0.39, 0.29) is 0 Å². The topological polar surface area (TPSA) is 0 Å². The minimum Gasteiger partial charge on any atom is -0.138 e. The van der Waals surface area contributed by atoms with Crippen LogP contribution in [0.25, 0.3) is 66.5 Å². The van der Waals surface area contributed by atoms with E-state index < -0.39 is 0 Å². The van der Waals surface area contributed by atoms with Gasteiger partial charge in [-0.05, 0) is 89.7 Å². The lowest BCUT2D eigenvalue weighted by Crippen LogP contribution is -1.67. The zero-order chi connectivity index (χ0) is 24.6. The molecular weight excluding hydrogens is 864 g/mol. The lowest BCUT2D eigenvalue weighted by molar-refractivity contribution is 1.66. The number of halogens is 4. The van der Waals surface area contributed by atoms with Gasteiger partial charge in [0, 0.05) is 19.2 Å². The van der Waals surface area contributed by atoms with Gasteiger partial charge in [0.1, 0.15) is 0 Å². The molecule has 0 bridgehead atoms. The summed E-state index contributed by atoms with van der Waals surface area (Å²) in [5.41, 5.74) is 0. The average molecular weight is 872 g/mol. The van der Waals surface area contributed by atoms with E-state index in [0.29, 0.717) is 0 Å². The van der Waals surface area contributed by atoms with Crippen LogP contribution in [0.3, 0.4) is 0 Å². The smallest absolute Gasteiger partial charge is 0.0651 e. The van der Waals surface area contributed by atoms with Gasteiger partial charge in [-0.3, -0.25) is 0 Å². The van der Waals surface area contributed by atoms with Crippen molar-refractivity contribution in [2.75, 3.05) is 0 Å². The molecule has 0 aliphatic carbocycles. The van der Waals surface area contributed by atoms with Crippen LogP contribution in [0, 0.1) is 13.8 Å². The van der Waals surface area contributed by atoms with Gasteiger partial charge in [-0.15, -0.1) is 90.7 Å². The molecule has 0 aliphatic heterocycles. The van der Waals surface area contributed by atoms with Crippen molar-refractivity contribution in [2.45, 2.75) is 13.8 Å². The summed E-state index contributed by atoms with van der Waals surface area (Å²) >= 11 is 31.1. The van der Waals surface area contributed by atoms with Crippen LogP contribution < -0.4 is 0 Å². The molecule has 8 aromatic rings. The van der Waals surface area contributed by atoms with Crippen molar-refractivity contribution in [1.29, 1.82) is 0 Å². The summed E-state index contributed by atoms with van der Waals surface area (Å²) in [6.45, 7) is 4.37. The SMILES string of the molecule is Cc1cc2sc(-c3sc4c(sc5c6sc(-c7sc8cc(C)sc8c7Br)c(Br)c6sc45)c3Br)c(Br)c2s1. The predicted octanol–water partition coefficient (Wildman–Crippen LogP) is 14.9. The second-order valence-corrected chi connectivity index (χ2v) is 20.1. The van der Waals surface area contributed by atoms with Crippen molar-refractivity contribution >= 4 is 201 Å². The molecule has 0 aromatic carbocycles. The fourth-order valence-corrected chi connectivity index (χ4v) is 19.6. The Kier molecular flexibility index (Phi) is 5.92. The van der Waals surface area contributed by atoms with Crippen LogP contribution in [0.4, 0.5) is 0 Å². The molecule has 180 valence electrons. The van der Waals surface area contributed by atoms with Gasteiger partial charge in [0.15, 0.2) is 0 Å². The van der Waals surface area contributed by atoms with Gasteiger partial charge in [0.2, 0.25) is 0 Å². The summed E-state index contributed by atoms with van der Waals surface area (Å²) < 4.78 is 18.8. The average Bonchev–Trinajstić information content (AvgIpc) is 3.67. The Morgan fingerprint density at radius 2 is 0.722 bits per heavy atom. The lowest BCUT2D eigenvalue weighted by Gasteiger charge is -1.96. The fourth-order valence-electron chi connectivity index (χ4n) is 4.41. The maximum Gasteiger partial charge on any atom is 0.0651 e. The van der Waals surface area contributed by atoms with E-state index in [1.807, 2.05) is 90.7 Å². The van der Waals surface area contributed by atoms with E-state index in [2.05, 4.69) is 89.7 Å². The van der Waals surface area contributed by atoms with Gasteiger partial charge in [0.05, 0.1) is 75.0 Å². The maximum atomic E-state index is 4.00. The lowest BCUT2D eigenvalue weighted by atomic mass is 10.3. The number of aryl methyl sites for hydroxylation is 2. The van der Waals surface area contributed by atoms with Gasteiger partial charge in [-0.1, -0.05) is 0 Å². The predicted molar refractivity (Wildman–Crippen MR) is 188 cm³/mol. The molecule has 0 aliphatic rings. The minimum atomic E-state index is 1.24. The normalized spacial score (nSPS) is 12.7. The standard InChI is InChI=1S/C24H8Br4S8/c1-5-3-7-13(29-5)9(25)15(31-7)17-11(27)19-21(33-17)23-24(35-19)22-20(36-23)12(28)18(34-22)16-10(26)14-8(32-16)4-6(2)30-14/h3-4H,1-2H3. The minimum absolute atomic E-state index is 1.24. The molecule has 8 aromatic heterocycles. The molecule has 0 nitrogen and oxygen atoms in total. The maximum absolute atomic E-state index is 4.00. The van der Waals surface area contributed by atoms with E-state index in [4.69, 9.17) is 0 Å². The Balaban J connectivity index is 1.32. The van der Waals surface area contributed by atoms with E-state index in [9.17, 15) is 0 Å². The van der Waals surface area contributed by atoms with Crippen LogP contribution in [0.1, 0.15) is 9.75 Å². The number of hydrogen-bond acceptors (Lipinski definition) is 8. The molecular formula is C24H8Br4S8. The molecule has 36 heavy (non-hydrogen) atoms. The van der Waals surface area contributed by atoms with Crippen LogP contribution in [0.2, 0.25) is 0 Å². The Bertz CT molecular complexity index is 2020. The molecule has 0 unspecified atom stereocenters. The Morgan fingerprint density at radius 3 is 1.11 bits per heavy atom. The van der Waals surface area contributed by atoms with Gasteiger partial charge in [0.25, 0.3) is 0 Å². The molecule has 0 N–H and O–H groups in total. The first-order chi connectivity index (χ1) is 17.3. The fraction of sp³-hybridized carbons (Fsp3) is 0.0833. The highest BCUT2D eigenvalue weighted by molar-refractivity contribution is 9.11. The summed E-state index contributed by atoms with van der Waals surface area (Å²) in [7, 11) is 0. The molecule has 0 amide bonds. The van der Waals surface area contributed by atoms with Gasteiger partial charge in [-0.25, -0.2) is 0 Å². The van der Waals surface area contributed by atoms with E-state index in [0.717, 1.165) is 0 Å². The van der Waals surface area contributed by atoms with E-state index in [1.165, 1.54) is 94.2 Å². The third kappa shape index (κ3) is 3.36. The van der Waals surface area contributed by atoms with E-state index >= 15 is 0 Å². The largest absolute Gasteiger partial charge is 0.138 e. The van der Waals surface area contributed by atoms with Gasteiger partial charge in [-0.2, -0.15) is 0 Å². The quantitative estimate of drug-likeness (QED) is 0.162. The number of rotatable bonds is 2. The zero-order valence-corrected chi connectivity index (χ0v) is 30.8. The molecule has 0 atom stereocenters. The van der Waals surface area contributed by atoms with Crippen molar-refractivity contribution in [1.82, 2.24) is 0 Å². The summed E-state index contributed by atoms with van der Waals surface area (Å²) in [4.78, 5) is 8.08. The highest BCUT2D eigenvalue weighted by Gasteiger charge is 2.27. The monoisotopic (exact) mass is 868 g/mol. The zero-order valence-electron chi connectivity index (χ0n) is 17.9. The first-order valence-electron chi connectivity index (χ1n) is 10.4.